The maximum Gasteiger partial charge on any atom is 0.220 e. The number of carbonyl (C=O) groups excluding carboxylic acids is 1. The molecular formula is C41H79NO13. The summed E-state index contributed by atoms with van der Waals surface area (Å²) >= 11 is 0. The van der Waals surface area contributed by atoms with Gasteiger partial charge in [-0.3, -0.25) is 4.79 Å². The van der Waals surface area contributed by atoms with E-state index in [4.69, 9.17) is 18.9 Å². The van der Waals surface area contributed by atoms with Gasteiger partial charge in [-0.25, -0.2) is 0 Å². The van der Waals surface area contributed by atoms with Crippen molar-refractivity contribution in [2.45, 2.75) is 235 Å². The van der Waals surface area contributed by atoms with E-state index in [2.05, 4.69) is 19.2 Å². The molecule has 1 amide bonds. The van der Waals surface area contributed by atoms with Crippen LogP contribution in [0.4, 0.5) is 0 Å². The number of rotatable bonds is 32. The lowest BCUT2D eigenvalue weighted by Crippen LogP contribution is -2.65. The second-order valence-electron chi connectivity index (χ2n) is 15.8. The lowest BCUT2D eigenvalue weighted by Gasteiger charge is -2.46. The van der Waals surface area contributed by atoms with Gasteiger partial charge in [-0.05, 0) is 12.8 Å². The molecule has 0 aliphatic carbocycles. The molecule has 0 aromatic carbocycles. The summed E-state index contributed by atoms with van der Waals surface area (Å²) < 4.78 is 22.6. The van der Waals surface area contributed by atoms with Crippen LogP contribution < -0.4 is 5.32 Å². The Labute approximate surface area is 330 Å². The molecule has 2 heterocycles. The molecule has 0 radical (unpaired) electrons. The van der Waals surface area contributed by atoms with Crippen LogP contribution in [0.2, 0.25) is 0 Å². The highest BCUT2D eigenvalue weighted by Gasteiger charge is 2.51. The van der Waals surface area contributed by atoms with E-state index >= 15 is 0 Å². The lowest BCUT2D eigenvalue weighted by atomic mass is 9.97. The Morgan fingerprint density at radius 2 is 1.04 bits per heavy atom. The summed E-state index contributed by atoms with van der Waals surface area (Å²) in [7, 11) is 0. The van der Waals surface area contributed by atoms with Gasteiger partial charge in [-0.1, -0.05) is 142 Å². The fourth-order valence-corrected chi connectivity index (χ4v) is 7.41. The zero-order valence-corrected chi connectivity index (χ0v) is 33.9. The average Bonchev–Trinajstić information content (AvgIpc) is 3.18. The van der Waals surface area contributed by atoms with Crippen molar-refractivity contribution in [2.75, 3.05) is 19.8 Å². The minimum atomic E-state index is -1.78. The van der Waals surface area contributed by atoms with Gasteiger partial charge in [0.15, 0.2) is 12.6 Å². The third-order valence-electron chi connectivity index (χ3n) is 11.1. The van der Waals surface area contributed by atoms with Crippen LogP contribution in [-0.4, -0.2) is 140 Å². The van der Waals surface area contributed by atoms with Gasteiger partial charge in [0.1, 0.15) is 48.8 Å². The molecule has 0 spiro atoms. The van der Waals surface area contributed by atoms with Crippen molar-refractivity contribution in [2.24, 2.45) is 0 Å². The minimum Gasteiger partial charge on any atom is -0.394 e. The molecule has 9 N–H and O–H groups in total. The van der Waals surface area contributed by atoms with E-state index in [-0.39, 0.29) is 12.5 Å². The lowest BCUT2D eigenvalue weighted by molar-refractivity contribution is -0.359. The fraction of sp³-hybridized carbons (Fsp3) is 0.976. The van der Waals surface area contributed by atoms with Crippen molar-refractivity contribution in [3.05, 3.63) is 0 Å². The van der Waals surface area contributed by atoms with E-state index in [1.807, 2.05) is 0 Å². The van der Waals surface area contributed by atoms with Crippen molar-refractivity contribution >= 4 is 5.91 Å². The van der Waals surface area contributed by atoms with Gasteiger partial charge < -0.3 is 65.1 Å². The van der Waals surface area contributed by atoms with Crippen LogP contribution in [0, 0.1) is 0 Å². The predicted octanol–water partition coefficient (Wildman–Crippen LogP) is 3.48. The largest absolute Gasteiger partial charge is 0.394 e. The number of amides is 1. The van der Waals surface area contributed by atoms with Crippen LogP contribution in [0.1, 0.15) is 162 Å². The van der Waals surface area contributed by atoms with Crippen LogP contribution in [0.15, 0.2) is 0 Å². The molecule has 2 saturated heterocycles. The standard InChI is InChI=1S/C41H79NO13/c1-3-5-7-9-11-13-15-17-19-21-23-25-33(46)42-29(30(45)24-22-20-18-16-14-12-10-8-6-4-2)28-52-40-38(51)36(49)39(32(27-44)54-40)55-41-37(50)35(48)34(47)31(26-43)53-41/h29-32,34-41,43-45,47-51H,3-28H2,1-2H3,(H,42,46). The highest BCUT2D eigenvalue weighted by atomic mass is 16.7. The summed E-state index contributed by atoms with van der Waals surface area (Å²) in [5, 5.41) is 86.3. The third kappa shape index (κ3) is 19.1. The Morgan fingerprint density at radius 3 is 1.55 bits per heavy atom. The highest BCUT2D eigenvalue weighted by Crippen LogP contribution is 2.30. The van der Waals surface area contributed by atoms with Crippen molar-refractivity contribution < 1.29 is 64.6 Å². The molecule has 2 rings (SSSR count). The second-order valence-corrected chi connectivity index (χ2v) is 15.8. The Bertz CT molecular complexity index is 946. The quantitative estimate of drug-likeness (QED) is 0.0445. The zero-order chi connectivity index (χ0) is 40.4. The number of hydrogen-bond acceptors (Lipinski definition) is 13. The molecule has 0 bridgehead atoms. The molecule has 14 heteroatoms. The molecule has 0 saturated carbocycles. The molecule has 55 heavy (non-hydrogen) atoms. The second kappa shape index (κ2) is 30.1. The van der Waals surface area contributed by atoms with Crippen LogP contribution in [0.5, 0.6) is 0 Å². The topological polar surface area (TPSA) is 228 Å². The van der Waals surface area contributed by atoms with Crippen LogP contribution in [0.3, 0.4) is 0 Å². The molecule has 0 aromatic heterocycles. The third-order valence-corrected chi connectivity index (χ3v) is 11.1. The van der Waals surface area contributed by atoms with Gasteiger partial charge in [0, 0.05) is 6.42 Å². The van der Waals surface area contributed by atoms with E-state index in [9.17, 15) is 45.6 Å². The molecule has 2 aliphatic heterocycles. The number of ether oxygens (including phenoxy) is 4. The Kier molecular flexibility index (Phi) is 27.4. The van der Waals surface area contributed by atoms with Crippen molar-refractivity contribution in [1.82, 2.24) is 5.32 Å². The number of hydrogen-bond donors (Lipinski definition) is 9. The number of aliphatic hydroxyl groups excluding tert-OH is 8. The molecule has 2 fully saturated rings. The molecule has 2 aliphatic rings. The first-order valence-electron chi connectivity index (χ1n) is 21.8. The van der Waals surface area contributed by atoms with E-state index in [0.29, 0.717) is 12.8 Å². The first kappa shape index (κ1) is 50.1. The zero-order valence-electron chi connectivity index (χ0n) is 33.9. The van der Waals surface area contributed by atoms with E-state index in [1.165, 1.54) is 83.5 Å². The summed E-state index contributed by atoms with van der Waals surface area (Å²) in [6.45, 7) is 2.79. The monoisotopic (exact) mass is 794 g/mol. The predicted molar refractivity (Wildman–Crippen MR) is 208 cm³/mol. The Morgan fingerprint density at radius 1 is 0.582 bits per heavy atom. The van der Waals surface area contributed by atoms with Gasteiger partial charge in [0.25, 0.3) is 0 Å². The molecular weight excluding hydrogens is 714 g/mol. The van der Waals surface area contributed by atoms with Crippen LogP contribution >= 0.6 is 0 Å². The Hall–Kier alpha value is -1.01. The number of nitrogens with one attached hydrogen (secondary N) is 1. The van der Waals surface area contributed by atoms with Crippen LogP contribution in [0.25, 0.3) is 0 Å². The SMILES string of the molecule is CCCCCCCCCCCCCC(=O)NC(COC1OC(CO)C(OC2OC(CO)C(O)C(O)C2O)C(O)C1O)C(O)CCCCCCCCCCCC. The first-order chi connectivity index (χ1) is 26.6. The molecule has 12 atom stereocenters. The minimum absolute atomic E-state index is 0.210. The first-order valence-corrected chi connectivity index (χ1v) is 21.8. The maximum absolute atomic E-state index is 13.0. The fourth-order valence-electron chi connectivity index (χ4n) is 7.41. The summed E-state index contributed by atoms with van der Waals surface area (Å²) in [4.78, 5) is 13.0. The molecule has 0 aromatic rings. The molecule has 14 nitrogen and oxygen atoms in total. The van der Waals surface area contributed by atoms with Crippen molar-refractivity contribution in [3.8, 4) is 0 Å². The molecule has 326 valence electrons. The van der Waals surface area contributed by atoms with Crippen molar-refractivity contribution in [1.29, 1.82) is 0 Å². The number of unbranched alkanes of at least 4 members (excludes halogenated alkanes) is 19. The summed E-state index contributed by atoms with van der Waals surface area (Å²) in [6.07, 6.45) is 8.39. The number of carbonyl (C=O) groups is 1. The van der Waals surface area contributed by atoms with E-state index in [1.54, 1.807) is 0 Å². The summed E-state index contributed by atoms with van der Waals surface area (Å²) in [5.41, 5.74) is 0. The average molecular weight is 794 g/mol. The van der Waals surface area contributed by atoms with Gasteiger partial charge in [-0.2, -0.15) is 0 Å². The highest BCUT2D eigenvalue weighted by molar-refractivity contribution is 5.76. The normalized spacial score (nSPS) is 29.6. The maximum atomic E-state index is 13.0. The van der Waals surface area contributed by atoms with E-state index in [0.717, 1.165) is 51.4 Å². The molecule has 12 unspecified atom stereocenters. The van der Waals surface area contributed by atoms with Gasteiger partial charge in [-0.15, -0.1) is 0 Å². The Balaban J connectivity index is 1.91. The van der Waals surface area contributed by atoms with Gasteiger partial charge in [0.05, 0.1) is 32.0 Å². The smallest absolute Gasteiger partial charge is 0.220 e. The van der Waals surface area contributed by atoms with Gasteiger partial charge >= 0.3 is 0 Å². The van der Waals surface area contributed by atoms with Gasteiger partial charge in [0.2, 0.25) is 5.91 Å². The summed E-state index contributed by atoms with van der Waals surface area (Å²) in [5.74, 6) is -0.210. The van der Waals surface area contributed by atoms with Crippen molar-refractivity contribution in [3.63, 3.8) is 0 Å². The summed E-state index contributed by atoms with van der Waals surface area (Å²) in [6, 6.07) is -0.817. The number of aliphatic hydroxyl groups is 8. The van der Waals surface area contributed by atoms with Crippen LogP contribution in [-0.2, 0) is 23.7 Å². The van der Waals surface area contributed by atoms with E-state index < -0.39 is 86.8 Å².